The van der Waals surface area contributed by atoms with Crippen LogP contribution in [-0.4, -0.2) is 36.5 Å². The average Bonchev–Trinajstić information content (AvgIpc) is 1.94. The summed E-state index contributed by atoms with van der Waals surface area (Å²) in [6.45, 7) is 1.85. The first-order valence-electron chi connectivity index (χ1n) is 3.14. The summed E-state index contributed by atoms with van der Waals surface area (Å²) in [5, 5.41) is 9.01. The lowest BCUT2D eigenvalue weighted by Crippen LogP contribution is -2.43. The average molecular weight is 146 g/mol. The first kappa shape index (κ1) is 7.65. The molecule has 58 valence electrons. The van der Waals surface area contributed by atoms with Gasteiger partial charge in [0.05, 0.1) is 6.61 Å². The highest BCUT2D eigenvalue weighted by atomic mass is 16.7. The van der Waals surface area contributed by atoms with Crippen molar-refractivity contribution < 1.29 is 19.4 Å². The van der Waals surface area contributed by atoms with Gasteiger partial charge in [-0.3, -0.25) is 0 Å². The van der Waals surface area contributed by atoms with E-state index in [1.54, 1.807) is 6.92 Å². The molecular formula is C6H10O4. The van der Waals surface area contributed by atoms with Crippen molar-refractivity contribution in [3.05, 3.63) is 0 Å². The van der Waals surface area contributed by atoms with E-state index >= 15 is 0 Å². The topological polar surface area (TPSA) is 55.8 Å². The molecule has 0 aromatic heterocycles. The second-order valence-corrected chi connectivity index (χ2v) is 2.21. The fourth-order valence-electron chi connectivity index (χ4n) is 0.803. The molecule has 4 nitrogen and oxygen atoms in total. The smallest absolute Gasteiger partial charge is 0.156 e. The van der Waals surface area contributed by atoms with E-state index in [2.05, 4.69) is 0 Å². The first-order valence-corrected chi connectivity index (χ1v) is 3.14. The zero-order valence-electron chi connectivity index (χ0n) is 5.69. The third-order valence-corrected chi connectivity index (χ3v) is 1.36. The maximum absolute atomic E-state index is 10.2. The first-order chi connectivity index (χ1) is 4.74. The number of carbonyl (C=O) groups is 1. The van der Waals surface area contributed by atoms with E-state index in [0.29, 0.717) is 6.29 Å². The van der Waals surface area contributed by atoms with Gasteiger partial charge in [-0.05, 0) is 6.92 Å². The Balaban J connectivity index is 2.45. The van der Waals surface area contributed by atoms with Gasteiger partial charge in [0.25, 0.3) is 0 Å². The van der Waals surface area contributed by atoms with Crippen LogP contribution in [0.2, 0.25) is 0 Å². The minimum absolute atomic E-state index is 0.171. The maximum Gasteiger partial charge on any atom is 0.156 e. The Bertz CT molecular complexity index is 125. The highest BCUT2D eigenvalue weighted by Gasteiger charge is 2.27. The van der Waals surface area contributed by atoms with Crippen molar-refractivity contribution in [2.24, 2.45) is 0 Å². The molecule has 1 N–H and O–H groups in total. The minimum atomic E-state index is -0.811. The van der Waals surface area contributed by atoms with Crippen molar-refractivity contribution in [3.8, 4) is 0 Å². The molecule has 1 heterocycles. The zero-order valence-corrected chi connectivity index (χ0v) is 5.69. The molecule has 1 fully saturated rings. The predicted molar refractivity (Wildman–Crippen MR) is 32.4 cm³/mol. The Morgan fingerprint density at radius 3 is 2.90 bits per heavy atom. The SMILES string of the molecule is CC1OC[C@@H](O)[C@@H](C=O)O1. The number of hydrogen-bond donors (Lipinski definition) is 1. The van der Waals surface area contributed by atoms with Crippen molar-refractivity contribution in [2.75, 3.05) is 6.61 Å². The molecule has 1 saturated heterocycles. The summed E-state index contributed by atoms with van der Waals surface area (Å²) < 4.78 is 9.80. The van der Waals surface area contributed by atoms with Crippen molar-refractivity contribution in [2.45, 2.75) is 25.4 Å². The third-order valence-electron chi connectivity index (χ3n) is 1.36. The summed E-state index contributed by atoms with van der Waals surface area (Å²) in [6, 6.07) is 0. The van der Waals surface area contributed by atoms with Gasteiger partial charge in [-0.15, -0.1) is 0 Å². The molecule has 0 aromatic carbocycles. The molecule has 1 rings (SSSR count). The van der Waals surface area contributed by atoms with Crippen molar-refractivity contribution in [1.82, 2.24) is 0 Å². The normalized spacial score (nSPS) is 41.2. The molecule has 0 saturated carbocycles. The highest BCUT2D eigenvalue weighted by Crippen LogP contribution is 2.10. The van der Waals surface area contributed by atoms with Gasteiger partial charge >= 0.3 is 0 Å². The van der Waals surface area contributed by atoms with Gasteiger partial charge in [-0.2, -0.15) is 0 Å². The molecule has 0 spiro atoms. The summed E-state index contributed by atoms with van der Waals surface area (Å²) in [7, 11) is 0. The number of hydrogen-bond acceptors (Lipinski definition) is 4. The van der Waals surface area contributed by atoms with E-state index in [1.807, 2.05) is 0 Å². The van der Waals surface area contributed by atoms with Crippen LogP contribution >= 0.6 is 0 Å². The van der Waals surface area contributed by atoms with Gasteiger partial charge < -0.3 is 19.4 Å². The molecule has 0 amide bonds. The van der Waals surface area contributed by atoms with E-state index in [9.17, 15) is 4.79 Å². The number of aldehydes is 1. The van der Waals surface area contributed by atoms with Crippen LogP contribution in [-0.2, 0) is 14.3 Å². The van der Waals surface area contributed by atoms with Gasteiger partial charge in [-0.1, -0.05) is 0 Å². The molecule has 0 aromatic rings. The summed E-state index contributed by atoms with van der Waals surface area (Å²) in [5.41, 5.74) is 0. The van der Waals surface area contributed by atoms with Crippen LogP contribution in [0.5, 0.6) is 0 Å². The quantitative estimate of drug-likeness (QED) is 0.497. The van der Waals surface area contributed by atoms with Crippen LogP contribution in [0.1, 0.15) is 6.92 Å². The Labute approximate surface area is 58.7 Å². The lowest BCUT2D eigenvalue weighted by Gasteiger charge is -2.28. The van der Waals surface area contributed by atoms with Crippen LogP contribution in [0.15, 0.2) is 0 Å². The van der Waals surface area contributed by atoms with Crippen LogP contribution in [0.25, 0.3) is 0 Å². The molecule has 1 aliphatic rings. The Kier molecular flexibility index (Phi) is 2.37. The second kappa shape index (κ2) is 3.09. The number of aliphatic hydroxyl groups is 1. The summed E-state index contributed by atoms with van der Waals surface area (Å²) in [5.74, 6) is 0. The number of rotatable bonds is 1. The fraction of sp³-hybridized carbons (Fsp3) is 0.833. The second-order valence-electron chi connectivity index (χ2n) is 2.21. The van der Waals surface area contributed by atoms with Crippen molar-refractivity contribution in [3.63, 3.8) is 0 Å². The molecule has 10 heavy (non-hydrogen) atoms. The zero-order chi connectivity index (χ0) is 7.56. The van der Waals surface area contributed by atoms with Crippen molar-refractivity contribution >= 4 is 6.29 Å². The van der Waals surface area contributed by atoms with E-state index in [0.717, 1.165) is 0 Å². The van der Waals surface area contributed by atoms with Crippen molar-refractivity contribution in [1.29, 1.82) is 0 Å². The van der Waals surface area contributed by atoms with Crippen LogP contribution in [0.3, 0.4) is 0 Å². The number of ether oxygens (including phenoxy) is 2. The standard InChI is InChI=1S/C6H10O4/c1-4-9-3-5(8)6(2-7)10-4/h2,4-6,8H,3H2,1H3/t4?,5-,6-/m1/s1. The molecular weight excluding hydrogens is 136 g/mol. The summed E-state index contributed by atoms with van der Waals surface area (Å²) >= 11 is 0. The minimum Gasteiger partial charge on any atom is -0.388 e. The molecule has 3 atom stereocenters. The Morgan fingerprint density at radius 1 is 1.70 bits per heavy atom. The summed E-state index contributed by atoms with van der Waals surface area (Å²) in [4.78, 5) is 10.2. The molecule has 1 unspecified atom stereocenters. The van der Waals surface area contributed by atoms with Gasteiger partial charge in [0.2, 0.25) is 0 Å². The van der Waals surface area contributed by atoms with Gasteiger partial charge in [0, 0.05) is 0 Å². The summed E-state index contributed by atoms with van der Waals surface area (Å²) in [6.07, 6.45) is -1.33. The predicted octanol–water partition coefficient (Wildman–Crippen LogP) is -0.692. The van der Waals surface area contributed by atoms with Gasteiger partial charge in [0.1, 0.15) is 12.2 Å². The molecule has 0 bridgehead atoms. The monoisotopic (exact) mass is 146 g/mol. The van der Waals surface area contributed by atoms with Crippen LogP contribution in [0, 0.1) is 0 Å². The lowest BCUT2D eigenvalue weighted by atomic mass is 10.2. The van der Waals surface area contributed by atoms with E-state index in [1.165, 1.54) is 0 Å². The largest absolute Gasteiger partial charge is 0.388 e. The molecule has 4 heteroatoms. The van der Waals surface area contributed by atoms with Gasteiger partial charge in [0.15, 0.2) is 12.6 Å². The maximum atomic E-state index is 10.2. The van der Waals surface area contributed by atoms with Crippen LogP contribution < -0.4 is 0 Å². The number of carbonyl (C=O) groups excluding carboxylic acids is 1. The van der Waals surface area contributed by atoms with E-state index in [4.69, 9.17) is 14.6 Å². The van der Waals surface area contributed by atoms with Gasteiger partial charge in [-0.25, -0.2) is 0 Å². The Hall–Kier alpha value is -0.450. The molecule has 0 radical (unpaired) electrons. The highest BCUT2D eigenvalue weighted by molar-refractivity contribution is 5.57. The molecule has 1 aliphatic heterocycles. The van der Waals surface area contributed by atoms with E-state index in [-0.39, 0.29) is 6.61 Å². The van der Waals surface area contributed by atoms with E-state index < -0.39 is 18.5 Å². The third kappa shape index (κ3) is 1.53. The van der Waals surface area contributed by atoms with Crippen LogP contribution in [0.4, 0.5) is 0 Å². The number of aliphatic hydroxyl groups excluding tert-OH is 1. The Morgan fingerprint density at radius 2 is 2.40 bits per heavy atom. The molecule has 0 aliphatic carbocycles. The fourth-order valence-corrected chi connectivity index (χ4v) is 0.803. The lowest BCUT2D eigenvalue weighted by molar-refractivity contribution is -0.234.